The van der Waals surface area contributed by atoms with Crippen molar-refractivity contribution in [3.05, 3.63) is 24.3 Å². The minimum absolute atomic E-state index is 0.256. The highest BCUT2D eigenvalue weighted by molar-refractivity contribution is 5.66. The Kier molecular flexibility index (Phi) is 2.37. The lowest BCUT2D eigenvalue weighted by Crippen LogP contribution is -1.95. The van der Waals surface area contributed by atoms with E-state index in [0.717, 1.165) is 16.8 Å². The molecule has 0 unspecified atom stereocenters. The van der Waals surface area contributed by atoms with Crippen LogP contribution in [0.3, 0.4) is 0 Å². The molecule has 0 saturated heterocycles. The zero-order chi connectivity index (χ0) is 10.8. The standard InChI is InChI=1S/C10H12N4O/c1-6(2)8-9(14-15-10(8)11)7-3-12-5-13-4-7/h3-6H,11H2,1-2H3. The largest absolute Gasteiger partial charge is 0.367 e. The van der Waals surface area contributed by atoms with Crippen molar-refractivity contribution in [2.75, 3.05) is 5.73 Å². The molecular weight excluding hydrogens is 192 g/mol. The molecule has 0 bridgehead atoms. The van der Waals surface area contributed by atoms with Gasteiger partial charge in [0.15, 0.2) is 0 Å². The molecule has 5 nitrogen and oxygen atoms in total. The summed E-state index contributed by atoms with van der Waals surface area (Å²) in [6.07, 6.45) is 4.86. The van der Waals surface area contributed by atoms with Gasteiger partial charge in [-0.3, -0.25) is 0 Å². The van der Waals surface area contributed by atoms with Crippen LogP contribution in [0.15, 0.2) is 23.2 Å². The van der Waals surface area contributed by atoms with Gasteiger partial charge >= 0.3 is 0 Å². The van der Waals surface area contributed by atoms with Crippen molar-refractivity contribution >= 4 is 5.88 Å². The molecule has 2 aromatic heterocycles. The van der Waals surface area contributed by atoms with E-state index in [9.17, 15) is 0 Å². The Hall–Kier alpha value is -1.91. The number of nitrogens with zero attached hydrogens (tertiary/aromatic N) is 3. The van der Waals surface area contributed by atoms with E-state index in [1.54, 1.807) is 12.4 Å². The van der Waals surface area contributed by atoms with Gasteiger partial charge < -0.3 is 10.3 Å². The van der Waals surface area contributed by atoms with Crippen LogP contribution in [0.1, 0.15) is 25.3 Å². The van der Waals surface area contributed by atoms with Crippen LogP contribution in [0.4, 0.5) is 5.88 Å². The zero-order valence-electron chi connectivity index (χ0n) is 8.64. The summed E-state index contributed by atoms with van der Waals surface area (Å²) in [5, 5.41) is 3.93. The summed E-state index contributed by atoms with van der Waals surface area (Å²) in [7, 11) is 0. The van der Waals surface area contributed by atoms with Gasteiger partial charge in [0.2, 0.25) is 5.88 Å². The average molecular weight is 204 g/mol. The number of nitrogen functional groups attached to an aromatic ring is 1. The highest BCUT2D eigenvalue weighted by atomic mass is 16.5. The lowest BCUT2D eigenvalue weighted by Gasteiger charge is -2.04. The molecule has 0 amide bonds. The van der Waals surface area contributed by atoms with Crippen molar-refractivity contribution in [1.82, 2.24) is 15.1 Å². The van der Waals surface area contributed by atoms with E-state index in [-0.39, 0.29) is 5.92 Å². The molecule has 0 aliphatic rings. The summed E-state index contributed by atoms with van der Waals surface area (Å²) in [6, 6.07) is 0. The van der Waals surface area contributed by atoms with Crippen LogP contribution in [0.25, 0.3) is 11.3 Å². The molecular formula is C10H12N4O. The van der Waals surface area contributed by atoms with Crippen LogP contribution in [0.5, 0.6) is 0 Å². The molecule has 2 heterocycles. The predicted molar refractivity (Wildman–Crippen MR) is 56.0 cm³/mol. The maximum Gasteiger partial charge on any atom is 0.226 e. The average Bonchev–Trinajstić information content (AvgIpc) is 2.61. The normalized spacial score (nSPS) is 10.9. The van der Waals surface area contributed by atoms with Crippen LogP contribution in [0, 0.1) is 0 Å². The topological polar surface area (TPSA) is 77.8 Å². The molecule has 0 radical (unpaired) electrons. The number of anilines is 1. The minimum atomic E-state index is 0.256. The third-order valence-corrected chi connectivity index (χ3v) is 2.17. The molecule has 0 spiro atoms. The minimum Gasteiger partial charge on any atom is -0.367 e. The van der Waals surface area contributed by atoms with Crippen LogP contribution < -0.4 is 5.73 Å². The van der Waals surface area contributed by atoms with Gasteiger partial charge in [0.1, 0.15) is 12.0 Å². The van der Waals surface area contributed by atoms with Gasteiger partial charge in [0.05, 0.1) is 0 Å². The summed E-state index contributed by atoms with van der Waals surface area (Å²) in [5.41, 5.74) is 8.16. The SMILES string of the molecule is CC(C)c1c(-c2cncnc2)noc1N. The highest BCUT2D eigenvalue weighted by Crippen LogP contribution is 2.31. The van der Waals surface area contributed by atoms with Gasteiger partial charge in [0.25, 0.3) is 0 Å². The Morgan fingerprint density at radius 2 is 1.93 bits per heavy atom. The van der Waals surface area contributed by atoms with Crippen molar-refractivity contribution in [2.24, 2.45) is 0 Å². The molecule has 0 aliphatic carbocycles. The number of hydrogen-bond donors (Lipinski definition) is 1. The summed E-state index contributed by atoms with van der Waals surface area (Å²) in [4.78, 5) is 7.87. The molecule has 0 saturated carbocycles. The molecule has 15 heavy (non-hydrogen) atoms. The second-order valence-corrected chi connectivity index (χ2v) is 3.59. The fourth-order valence-corrected chi connectivity index (χ4v) is 1.50. The van der Waals surface area contributed by atoms with Crippen LogP contribution in [-0.2, 0) is 0 Å². The van der Waals surface area contributed by atoms with E-state index in [4.69, 9.17) is 10.3 Å². The number of hydrogen-bond acceptors (Lipinski definition) is 5. The number of nitrogens with two attached hydrogens (primary N) is 1. The van der Waals surface area contributed by atoms with E-state index >= 15 is 0 Å². The first-order valence-corrected chi connectivity index (χ1v) is 4.70. The smallest absolute Gasteiger partial charge is 0.226 e. The van der Waals surface area contributed by atoms with Crippen molar-refractivity contribution in [3.63, 3.8) is 0 Å². The number of rotatable bonds is 2. The third-order valence-electron chi connectivity index (χ3n) is 2.17. The molecule has 78 valence electrons. The zero-order valence-corrected chi connectivity index (χ0v) is 8.64. The monoisotopic (exact) mass is 204 g/mol. The lowest BCUT2D eigenvalue weighted by molar-refractivity contribution is 0.438. The van der Waals surface area contributed by atoms with Gasteiger partial charge in [-0.25, -0.2) is 9.97 Å². The molecule has 5 heteroatoms. The van der Waals surface area contributed by atoms with E-state index in [2.05, 4.69) is 15.1 Å². The summed E-state index contributed by atoms with van der Waals surface area (Å²) >= 11 is 0. The maximum absolute atomic E-state index is 5.71. The fourth-order valence-electron chi connectivity index (χ4n) is 1.50. The van der Waals surface area contributed by atoms with Crippen molar-refractivity contribution in [3.8, 4) is 11.3 Å². The Labute approximate surface area is 87.3 Å². The summed E-state index contributed by atoms with van der Waals surface area (Å²) < 4.78 is 4.98. The lowest BCUT2D eigenvalue weighted by atomic mass is 10.0. The van der Waals surface area contributed by atoms with Crippen LogP contribution in [-0.4, -0.2) is 15.1 Å². The number of aromatic nitrogens is 3. The first-order chi connectivity index (χ1) is 7.20. The Morgan fingerprint density at radius 3 is 2.53 bits per heavy atom. The van der Waals surface area contributed by atoms with Crippen molar-refractivity contribution in [1.29, 1.82) is 0 Å². The highest BCUT2D eigenvalue weighted by Gasteiger charge is 2.18. The predicted octanol–water partition coefficient (Wildman–Crippen LogP) is 1.84. The van der Waals surface area contributed by atoms with E-state index < -0.39 is 0 Å². The summed E-state index contributed by atoms with van der Waals surface area (Å²) in [6.45, 7) is 4.08. The first kappa shape index (κ1) is 9.64. The van der Waals surface area contributed by atoms with Gasteiger partial charge in [-0.2, -0.15) is 0 Å². The molecule has 0 atom stereocenters. The van der Waals surface area contributed by atoms with Gasteiger partial charge in [-0.1, -0.05) is 19.0 Å². The van der Waals surface area contributed by atoms with Gasteiger partial charge in [-0.15, -0.1) is 0 Å². The van der Waals surface area contributed by atoms with E-state index in [1.165, 1.54) is 6.33 Å². The van der Waals surface area contributed by atoms with Crippen LogP contribution >= 0.6 is 0 Å². The Morgan fingerprint density at radius 1 is 1.27 bits per heavy atom. The van der Waals surface area contributed by atoms with Gasteiger partial charge in [0, 0.05) is 23.5 Å². The molecule has 0 aromatic carbocycles. The fraction of sp³-hybridized carbons (Fsp3) is 0.300. The van der Waals surface area contributed by atoms with Crippen molar-refractivity contribution in [2.45, 2.75) is 19.8 Å². The van der Waals surface area contributed by atoms with Crippen LogP contribution in [0.2, 0.25) is 0 Å². The molecule has 2 rings (SSSR count). The Balaban J connectivity index is 2.54. The quantitative estimate of drug-likeness (QED) is 0.807. The second kappa shape index (κ2) is 3.68. The molecule has 2 N–H and O–H groups in total. The van der Waals surface area contributed by atoms with E-state index in [0.29, 0.717) is 5.88 Å². The Bertz CT molecular complexity index is 450. The van der Waals surface area contributed by atoms with Crippen molar-refractivity contribution < 1.29 is 4.52 Å². The molecule has 0 aliphatic heterocycles. The van der Waals surface area contributed by atoms with E-state index in [1.807, 2.05) is 13.8 Å². The molecule has 0 fully saturated rings. The van der Waals surface area contributed by atoms with Gasteiger partial charge in [-0.05, 0) is 5.92 Å². The first-order valence-electron chi connectivity index (χ1n) is 4.70. The summed E-state index contributed by atoms with van der Waals surface area (Å²) in [5.74, 6) is 0.621. The third kappa shape index (κ3) is 1.68. The maximum atomic E-state index is 5.71. The second-order valence-electron chi connectivity index (χ2n) is 3.59. The molecule has 2 aromatic rings.